The van der Waals surface area contributed by atoms with E-state index in [2.05, 4.69) is 5.10 Å². The summed E-state index contributed by atoms with van der Waals surface area (Å²) in [7, 11) is 0. The number of hydrogen-bond acceptors (Lipinski definition) is 4. The number of rotatable bonds is 2. The maximum Gasteiger partial charge on any atom is 0.275 e. The summed E-state index contributed by atoms with van der Waals surface area (Å²) in [5, 5.41) is 13.3. The molecule has 1 N–H and O–H groups in total. The zero-order valence-corrected chi connectivity index (χ0v) is 10.0. The van der Waals surface area contributed by atoms with E-state index < -0.39 is 11.3 Å². The van der Waals surface area contributed by atoms with E-state index in [4.69, 9.17) is 0 Å². The fourth-order valence-corrected chi connectivity index (χ4v) is 1.84. The van der Waals surface area contributed by atoms with Crippen LogP contribution in [0.1, 0.15) is 21.6 Å². The maximum absolute atomic E-state index is 11.8. The highest BCUT2D eigenvalue weighted by Gasteiger charge is 2.11. The Hall–Kier alpha value is -2.43. The van der Waals surface area contributed by atoms with Gasteiger partial charge < -0.3 is 5.11 Å². The molecule has 1 heterocycles. The van der Waals surface area contributed by atoms with Crippen molar-refractivity contribution in [1.82, 2.24) is 9.78 Å². The molecule has 0 aliphatic heterocycles. The van der Waals surface area contributed by atoms with Crippen molar-refractivity contribution in [1.29, 1.82) is 0 Å². The molecular formula is C13H12N2O3. The third-order valence-corrected chi connectivity index (χ3v) is 2.70. The van der Waals surface area contributed by atoms with E-state index in [1.807, 2.05) is 32.0 Å². The average Bonchev–Trinajstić information content (AvgIpc) is 2.31. The van der Waals surface area contributed by atoms with Crippen LogP contribution in [0.3, 0.4) is 0 Å². The van der Waals surface area contributed by atoms with E-state index in [0.717, 1.165) is 21.9 Å². The van der Waals surface area contributed by atoms with Crippen LogP contribution >= 0.6 is 0 Å². The number of aryl methyl sites for hydroxylation is 2. The second-order valence-corrected chi connectivity index (χ2v) is 4.02. The van der Waals surface area contributed by atoms with Crippen LogP contribution in [0.4, 0.5) is 0 Å². The van der Waals surface area contributed by atoms with Crippen LogP contribution in [0.5, 0.6) is 5.75 Å². The summed E-state index contributed by atoms with van der Waals surface area (Å²) in [5.41, 5.74) is 1.73. The predicted octanol–water partition coefficient (Wildman–Crippen LogP) is 1.37. The first-order chi connectivity index (χ1) is 8.54. The van der Waals surface area contributed by atoms with Gasteiger partial charge in [-0.3, -0.25) is 9.59 Å². The smallest absolute Gasteiger partial charge is 0.275 e. The lowest BCUT2D eigenvalue weighted by molar-refractivity contribution is 0.111. The third-order valence-electron chi connectivity index (χ3n) is 2.70. The van der Waals surface area contributed by atoms with Crippen molar-refractivity contribution < 1.29 is 9.90 Å². The van der Waals surface area contributed by atoms with Gasteiger partial charge in [0.2, 0.25) is 0 Å². The molecule has 18 heavy (non-hydrogen) atoms. The van der Waals surface area contributed by atoms with Crippen molar-refractivity contribution >= 4 is 6.29 Å². The fraction of sp³-hybridized carbons (Fsp3) is 0.154. The van der Waals surface area contributed by atoms with E-state index in [0.29, 0.717) is 12.0 Å². The molecule has 0 spiro atoms. The van der Waals surface area contributed by atoms with Gasteiger partial charge in [0, 0.05) is 6.07 Å². The number of aromatic nitrogens is 2. The number of benzene rings is 1. The summed E-state index contributed by atoms with van der Waals surface area (Å²) >= 11 is 0. The second-order valence-electron chi connectivity index (χ2n) is 4.02. The van der Waals surface area contributed by atoms with Crippen LogP contribution in [0, 0.1) is 13.8 Å². The molecule has 0 atom stereocenters. The van der Waals surface area contributed by atoms with Crippen molar-refractivity contribution in [3.8, 4) is 11.4 Å². The van der Waals surface area contributed by atoms with E-state index in [1.165, 1.54) is 0 Å². The highest BCUT2D eigenvalue weighted by molar-refractivity contribution is 5.75. The van der Waals surface area contributed by atoms with Crippen molar-refractivity contribution in [2.24, 2.45) is 0 Å². The van der Waals surface area contributed by atoms with Crippen LogP contribution < -0.4 is 5.56 Å². The van der Waals surface area contributed by atoms with Crippen LogP contribution in [-0.4, -0.2) is 21.2 Å². The molecule has 2 rings (SSSR count). The van der Waals surface area contributed by atoms with Crippen molar-refractivity contribution in [2.75, 3.05) is 0 Å². The van der Waals surface area contributed by atoms with E-state index in [-0.39, 0.29) is 5.69 Å². The van der Waals surface area contributed by atoms with Gasteiger partial charge in [-0.2, -0.15) is 9.78 Å². The SMILES string of the molecule is Cc1cccc(C)c1-n1nc(C=O)c(O)cc1=O. The summed E-state index contributed by atoms with van der Waals surface area (Å²) < 4.78 is 1.13. The highest BCUT2D eigenvalue weighted by Crippen LogP contribution is 2.17. The van der Waals surface area contributed by atoms with Gasteiger partial charge >= 0.3 is 0 Å². The topological polar surface area (TPSA) is 72.2 Å². The molecule has 0 radical (unpaired) electrons. The standard InChI is InChI=1S/C13H12N2O3/c1-8-4-3-5-9(2)13(8)15-12(18)6-11(17)10(7-16)14-15/h3-7,17H,1-2H3. The molecule has 1 aromatic heterocycles. The number of aldehydes is 1. The van der Waals surface area contributed by atoms with Gasteiger partial charge in [-0.05, 0) is 25.0 Å². The first-order valence-electron chi connectivity index (χ1n) is 5.39. The maximum atomic E-state index is 11.8. The summed E-state index contributed by atoms with van der Waals surface area (Å²) in [5.74, 6) is -0.405. The first kappa shape index (κ1) is 12.0. The van der Waals surface area contributed by atoms with Gasteiger partial charge in [0.25, 0.3) is 5.56 Å². The first-order valence-corrected chi connectivity index (χ1v) is 5.39. The summed E-state index contributed by atoms with van der Waals surface area (Å²) in [4.78, 5) is 22.6. The van der Waals surface area contributed by atoms with Crippen LogP contribution in [0.2, 0.25) is 0 Å². The van der Waals surface area contributed by atoms with Gasteiger partial charge in [0.1, 0.15) is 0 Å². The molecule has 0 saturated heterocycles. The number of aromatic hydroxyl groups is 1. The molecule has 0 aliphatic carbocycles. The van der Waals surface area contributed by atoms with Crippen LogP contribution in [0.15, 0.2) is 29.1 Å². The third kappa shape index (κ3) is 1.90. The fourth-order valence-electron chi connectivity index (χ4n) is 1.84. The molecule has 0 bridgehead atoms. The van der Waals surface area contributed by atoms with Gasteiger partial charge in [-0.1, -0.05) is 18.2 Å². The number of hydrogen-bond donors (Lipinski definition) is 1. The minimum Gasteiger partial charge on any atom is -0.505 e. The number of carbonyl (C=O) groups excluding carboxylic acids is 1. The summed E-state index contributed by atoms with van der Waals surface area (Å²) in [6.45, 7) is 3.70. The predicted molar refractivity (Wildman–Crippen MR) is 66.4 cm³/mol. The molecule has 5 nitrogen and oxygen atoms in total. The number of carbonyl (C=O) groups is 1. The van der Waals surface area contributed by atoms with Crippen molar-refractivity contribution in [2.45, 2.75) is 13.8 Å². The lowest BCUT2D eigenvalue weighted by atomic mass is 10.1. The van der Waals surface area contributed by atoms with Gasteiger partial charge in [-0.25, -0.2) is 0 Å². The molecular weight excluding hydrogens is 232 g/mol. The van der Waals surface area contributed by atoms with E-state index in [9.17, 15) is 14.7 Å². The lowest BCUT2D eigenvalue weighted by Gasteiger charge is -2.11. The number of nitrogens with zero attached hydrogens (tertiary/aromatic N) is 2. The summed E-state index contributed by atoms with van der Waals surface area (Å²) in [6, 6.07) is 6.57. The van der Waals surface area contributed by atoms with E-state index >= 15 is 0 Å². The van der Waals surface area contributed by atoms with Crippen LogP contribution in [0.25, 0.3) is 5.69 Å². The Balaban J connectivity index is 2.79. The van der Waals surface area contributed by atoms with Gasteiger partial charge in [0.15, 0.2) is 17.7 Å². The molecule has 0 saturated carbocycles. The van der Waals surface area contributed by atoms with Crippen molar-refractivity contribution in [3.05, 3.63) is 51.4 Å². The van der Waals surface area contributed by atoms with Crippen molar-refractivity contribution in [3.63, 3.8) is 0 Å². The zero-order valence-electron chi connectivity index (χ0n) is 10.0. The second kappa shape index (κ2) is 4.44. The Morgan fingerprint density at radius 3 is 2.44 bits per heavy atom. The highest BCUT2D eigenvalue weighted by atomic mass is 16.3. The minimum atomic E-state index is -0.476. The molecule has 0 aliphatic rings. The van der Waals surface area contributed by atoms with Gasteiger partial charge in [0.05, 0.1) is 5.69 Å². The normalized spacial score (nSPS) is 10.3. The monoisotopic (exact) mass is 244 g/mol. The van der Waals surface area contributed by atoms with Gasteiger partial charge in [-0.15, -0.1) is 0 Å². The molecule has 1 aromatic carbocycles. The molecule has 2 aromatic rings. The number of para-hydroxylation sites is 1. The molecule has 0 amide bonds. The zero-order chi connectivity index (χ0) is 13.3. The Morgan fingerprint density at radius 2 is 1.89 bits per heavy atom. The molecule has 0 unspecified atom stereocenters. The summed E-state index contributed by atoms with van der Waals surface area (Å²) in [6.07, 6.45) is 0.416. The lowest BCUT2D eigenvalue weighted by Crippen LogP contribution is -2.23. The average molecular weight is 244 g/mol. The van der Waals surface area contributed by atoms with E-state index in [1.54, 1.807) is 0 Å². The Morgan fingerprint density at radius 1 is 1.28 bits per heavy atom. The Bertz CT molecular complexity index is 654. The molecule has 5 heteroatoms. The quantitative estimate of drug-likeness (QED) is 0.810. The largest absolute Gasteiger partial charge is 0.505 e. The molecule has 0 fully saturated rings. The minimum absolute atomic E-state index is 0.155. The molecule has 92 valence electrons. The van der Waals surface area contributed by atoms with Crippen LogP contribution in [-0.2, 0) is 0 Å². The Kier molecular flexibility index (Phi) is 2.97. The Labute approximate surface area is 103 Å².